The molecule has 0 radical (unpaired) electrons. The van der Waals surface area contributed by atoms with Gasteiger partial charge < -0.3 is 10.2 Å². The molecule has 5 heteroatoms. The molecule has 1 heterocycles. The largest absolute Gasteiger partial charge is 0.349 e. The summed E-state index contributed by atoms with van der Waals surface area (Å²) >= 11 is 1.69. The van der Waals surface area contributed by atoms with E-state index in [-0.39, 0.29) is 11.9 Å². The molecule has 2 aromatic rings. The molecule has 0 fully saturated rings. The van der Waals surface area contributed by atoms with Gasteiger partial charge in [-0.2, -0.15) is 0 Å². The van der Waals surface area contributed by atoms with E-state index in [1.165, 1.54) is 10.9 Å². The van der Waals surface area contributed by atoms with Crippen molar-refractivity contribution in [2.24, 2.45) is 0 Å². The highest BCUT2D eigenvalue weighted by atomic mass is 32.1. The third-order valence-electron chi connectivity index (χ3n) is 3.53. The molecule has 1 aromatic heterocycles. The third kappa shape index (κ3) is 4.02. The van der Waals surface area contributed by atoms with Gasteiger partial charge in [0.2, 0.25) is 0 Å². The van der Waals surface area contributed by atoms with Gasteiger partial charge in [0, 0.05) is 42.3 Å². The number of anilines is 1. The molecule has 0 aliphatic rings. The molecule has 0 saturated carbocycles. The van der Waals surface area contributed by atoms with E-state index >= 15 is 0 Å². The minimum atomic E-state index is -0.161. The van der Waals surface area contributed by atoms with E-state index in [9.17, 15) is 4.39 Å². The molecule has 0 unspecified atom stereocenters. The quantitative estimate of drug-likeness (QED) is 0.838. The normalized spacial score (nSPS) is 12.4. The zero-order chi connectivity index (χ0) is 15.2. The summed E-state index contributed by atoms with van der Waals surface area (Å²) in [5.74, 6) is -0.161. The van der Waals surface area contributed by atoms with Crippen LogP contribution in [0.15, 0.2) is 30.5 Å². The van der Waals surface area contributed by atoms with Gasteiger partial charge in [0.15, 0.2) is 5.13 Å². The highest BCUT2D eigenvalue weighted by molar-refractivity contribution is 7.15. The van der Waals surface area contributed by atoms with Crippen molar-refractivity contribution in [1.82, 2.24) is 10.3 Å². The van der Waals surface area contributed by atoms with Gasteiger partial charge in [-0.05, 0) is 26.8 Å². The van der Waals surface area contributed by atoms with Crippen LogP contribution in [-0.4, -0.2) is 18.1 Å². The first-order valence-electron chi connectivity index (χ1n) is 7.33. The smallest absolute Gasteiger partial charge is 0.185 e. The van der Waals surface area contributed by atoms with Gasteiger partial charge in [0.05, 0.1) is 0 Å². The molecule has 0 aliphatic carbocycles. The van der Waals surface area contributed by atoms with E-state index < -0.39 is 0 Å². The van der Waals surface area contributed by atoms with Gasteiger partial charge in [-0.1, -0.05) is 18.2 Å². The van der Waals surface area contributed by atoms with Crippen LogP contribution >= 0.6 is 11.3 Å². The van der Waals surface area contributed by atoms with E-state index in [2.05, 4.69) is 29.0 Å². The molecule has 114 valence electrons. The summed E-state index contributed by atoms with van der Waals surface area (Å²) in [6, 6.07) is 6.87. The van der Waals surface area contributed by atoms with Gasteiger partial charge in [-0.25, -0.2) is 9.37 Å². The van der Waals surface area contributed by atoms with Crippen LogP contribution in [0.3, 0.4) is 0 Å². The fraction of sp³-hybridized carbons (Fsp3) is 0.438. The maximum Gasteiger partial charge on any atom is 0.185 e. The number of nitrogens with one attached hydrogen (secondary N) is 1. The van der Waals surface area contributed by atoms with E-state index in [1.807, 2.05) is 25.3 Å². The minimum Gasteiger partial charge on any atom is -0.349 e. The summed E-state index contributed by atoms with van der Waals surface area (Å²) in [5, 5.41) is 4.41. The Hall–Kier alpha value is -1.46. The second-order valence-corrected chi connectivity index (χ2v) is 6.00. The van der Waals surface area contributed by atoms with Crippen molar-refractivity contribution in [1.29, 1.82) is 0 Å². The summed E-state index contributed by atoms with van der Waals surface area (Å²) in [6.07, 6.45) is 1.90. The number of benzene rings is 1. The van der Waals surface area contributed by atoms with Crippen LogP contribution in [0.25, 0.3) is 0 Å². The van der Waals surface area contributed by atoms with Gasteiger partial charge in [-0.3, -0.25) is 0 Å². The number of halogens is 1. The molecule has 3 nitrogen and oxygen atoms in total. The second kappa shape index (κ2) is 7.52. The van der Waals surface area contributed by atoms with Crippen LogP contribution in [0.2, 0.25) is 0 Å². The highest BCUT2D eigenvalue weighted by Gasteiger charge is 2.11. The summed E-state index contributed by atoms with van der Waals surface area (Å²) < 4.78 is 13.7. The summed E-state index contributed by atoms with van der Waals surface area (Å²) in [4.78, 5) is 7.85. The summed E-state index contributed by atoms with van der Waals surface area (Å²) in [6.45, 7) is 8.86. The first-order chi connectivity index (χ1) is 10.2. The lowest BCUT2D eigenvalue weighted by Crippen LogP contribution is -2.21. The summed E-state index contributed by atoms with van der Waals surface area (Å²) in [5.41, 5.74) is 0.700. The predicted molar refractivity (Wildman–Crippen MR) is 87.3 cm³/mol. The van der Waals surface area contributed by atoms with Gasteiger partial charge in [0.25, 0.3) is 0 Å². The Morgan fingerprint density at radius 2 is 2.00 bits per heavy atom. The van der Waals surface area contributed by atoms with Crippen LogP contribution < -0.4 is 10.2 Å². The first-order valence-corrected chi connectivity index (χ1v) is 8.14. The van der Waals surface area contributed by atoms with Crippen molar-refractivity contribution in [3.63, 3.8) is 0 Å². The average Bonchev–Trinajstić information content (AvgIpc) is 2.95. The van der Waals surface area contributed by atoms with Crippen LogP contribution in [-0.2, 0) is 6.54 Å². The molecular formula is C16H22FN3S. The fourth-order valence-electron chi connectivity index (χ4n) is 2.21. The van der Waals surface area contributed by atoms with Crippen LogP contribution in [0.4, 0.5) is 9.52 Å². The van der Waals surface area contributed by atoms with E-state index in [4.69, 9.17) is 0 Å². The molecule has 1 N–H and O–H groups in total. The van der Waals surface area contributed by atoms with Crippen molar-refractivity contribution in [3.8, 4) is 0 Å². The monoisotopic (exact) mass is 307 g/mol. The lowest BCUT2D eigenvalue weighted by molar-refractivity contribution is 0.530. The summed E-state index contributed by atoms with van der Waals surface area (Å²) in [7, 11) is 0. The molecule has 0 aliphatic heterocycles. The molecule has 1 aromatic carbocycles. The van der Waals surface area contributed by atoms with Crippen molar-refractivity contribution < 1.29 is 4.39 Å². The van der Waals surface area contributed by atoms with Crippen LogP contribution in [0.1, 0.15) is 37.3 Å². The molecule has 1 atom stereocenters. The van der Waals surface area contributed by atoms with E-state index in [0.29, 0.717) is 12.1 Å². The minimum absolute atomic E-state index is 0.0230. The van der Waals surface area contributed by atoms with Crippen LogP contribution in [0, 0.1) is 5.82 Å². The molecule has 0 spiro atoms. The molecule has 21 heavy (non-hydrogen) atoms. The standard InChI is InChI=1S/C16H22FN3S/c1-4-20(5-2)16-19-11-13(21-16)10-18-12(3)14-8-6-7-9-15(14)17/h6-9,11-12,18H,4-5,10H2,1-3H3/t12-/m1/s1. The van der Waals surface area contributed by atoms with Crippen molar-refractivity contribution in [2.45, 2.75) is 33.4 Å². The number of nitrogens with zero attached hydrogens (tertiary/aromatic N) is 2. The lowest BCUT2D eigenvalue weighted by atomic mass is 10.1. The lowest BCUT2D eigenvalue weighted by Gasteiger charge is -2.16. The number of rotatable bonds is 7. The predicted octanol–water partition coefficient (Wildman–Crippen LogP) is 3.98. The Bertz CT molecular complexity index is 566. The van der Waals surface area contributed by atoms with Gasteiger partial charge in [0.1, 0.15) is 5.82 Å². The number of hydrogen-bond donors (Lipinski definition) is 1. The highest BCUT2D eigenvalue weighted by Crippen LogP contribution is 2.23. The maximum absolute atomic E-state index is 13.7. The molecule has 2 rings (SSSR count). The Balaban J connectivity index is 1.96. The Kier molecular flexibility index (Phi) is 5.70. The fourth-order valence-corrected chi connectivity index (χ4v) is 3.20. The van der Waals surface area contributed by atoms with Gasteiger partial charge in [-0.15, -0.1) is 11.3 Å². The number of thiazole rings is 1. The maximum atomic E-state index is 13.7. The SMILES string of the molecule is CCN(CC)c1ncc(CN[C@H](C)c2ccccc2F)s1. The van der Waals surface area contributed by atoms with E-state index in [1.54, 1.807) is 17.4 Å². The van der Waals surface area contributed by atoms with Crippen molar-refractivity contribution in [3.05, 3.63) is 46.7 Å². The third-order valence-corrected chi connectivity index (χ3v) is 4.59. The molecule has 0 saturated heterocycles. The van der Waals surface area contributed by atoms with Crippen molar-refractivity contribution >= 4 is 16.5 Å². The molecule has 0 bridgehead atoms. The number of hydrogen-bond acceptors (Lipinski definition) is 4. The molecular weight excluding hydrogens is 285 g/mol. The topological polar surface area (TPSA) is 28.2 Å². The zero-order valence-corrected chi connectivity index (χ0v) is 13.6. The average molecular weight is 307 g/mol. The Morgan fingerprint density at radius 3 is 2.67 bits per heavy atom. The Morgan fingerprint density at radius 1 is 1.29 bits per heavy atom. The van der Waals surface area contributed by atoms with Gasteiger partial charge >= 0.3 is 0 Å². The first kappa shape index (κ1) is 15.9. The molecule has 0 amide bonds. The Labute approximate surface area is 129 Å². The van der Waals surface area contributed by atoms with E-state index in [0.717, 1.165) is 18.2 Å². The second-order valence-electron chi connectivity index (χ2n) is 4.91. The van der Waals surface area contributed by atoms with Crippen molar-refractivity contribution in [2.75, 3.05) is 18.0 Å². The van der Waals surface area contributed by atoms with Crippen LogP contribution in [0.5, 0.6) is 0 Å². The zero-order valence-electron chi connectivity index (χ0n) is 12.8. The number of aromatic nitrogens is 1.